The second kappa shape index (κ2) is 8.06. The largest absolute Gasteiger partial charge is 0.462 e. The molecule has 2 aromatic rings. The number of ether oxygens (including phenoxy) is 1. The smallest absolute Gasteiger partial charge is 0.345 e. The molecule has 24 heavy (non-hydrogen) atoms. The Morgan fingerprint density at radius 3 is 2.79 bits per heavy atom. The standard InChI is InChI=1S/C14H16N4O4S2/c1-4-22-12(21)9-5-15-14(23-3)18(11(9)20)6-10(19)17-13-16-8(2)7-24-13/h5,7H,4,6H2,1-3H3,(H,16,17,19). The van der Waals surface area contributed by atoms with E-state index >= 15 is 0 Å². The Kier molecular flexibility index (Phi) is 6.10. The highest BCUT2D eigenvalue weighted by atomic mass is 32.2. The Hall–Kier alpha value is -2.20. The molecule has 0 atom stereocenters. The van der Waals surface area contributed by atoms with Gasteiger partial charge in [0.15, 0.2) is 10.3 Å². The van der Waals surface area contributed by atoms with Crippen molar-refractivity contribution in [1.82, 2.24) is 14.5 Å². The van der Waals surface area contributed by atoms with E-state index in [1.54, 1.807) is 18.6 Å². The molecule has 0 aliphatic heterocycles. The van der Waals surface area contributed by atoms with E-state index in [1.165, 1.54) is 29.3 Å². The third-order valence-electron chi connectivity index (χ3n) is 2.86. The number of thiazole rings is 1. The zero-order chi connectivity index (χ0) is 17.7. The summed E-state index contributed by atoms with van der Waals surface area (Å²) < 4.78 is 5.98. The molecule has 0 unspecified atom stereocenters. The molecule has 0 spiro atoms. The van der Waals surface area contributed by atoms with Gasteiger partial charge in [0.1, 0.15) is 12.1 Å². The fourth-order valence-electron chi connectivity index (χ4n) is 1.84. The minimum Gasteiger partial charge on any atom is -0.462 e. The number of anilines is 1. The summed E-state index contributed by atoms with van der Waals surface area (Å²) in [4.78, 5) is 44.6. The molecule has 8 nitrogen and oxygen atoms in total. The maximum absolute atomic E-state index is 12.5. The monoisotopic (exact) mass is 368 g/mol. The lowest BCUT2D eigenvalue weighted by Crippen LogP contribution is -2.33. The number of hydrogen-bond acceptors (Lipinski definition) is 8. The van der Waals surface area contributed by atoms with Gasteiger partial charge in [-0.2, -0.15) is 0 Å². The first-order chi connectivity index (χ1) is 11.5. The Morgan fingerprint density at radius 2 is 2.21 bits per heavy atom. The molecule has 0 aliphatic rings. The van der Waals surface area contributed by atoms with Crippen LogP contribution in [0.2, 0.25) is 0 Å². The topological polar surface area (TPSA) is 103 Å². The zero-order valence-electron chi connectivity index (χ0n) is 13.4. The first kappa shape index (κ1) is 18.1. The molecule has 1 amide bonds. The summed E-state index contributed by atoms with van der Waals surface area (Å²) in [7, 11) is 0. The number of carbonyl (C=O) groups excluding carboxylic acids is 2. The van der Waals surface area contributed by atoms with E-state index < -0.39 is 17.4 Å². The highest BCUT2D eigenvalue weighted by Gasteiger charge is 2.19. The predicted molar refractivity (Wildman–Crippen MR) is 91.7 cm³/mol. The molecular weight excluding hydrogens is 352 g/mol. The molecule has 0 radical (unpaired) electrons. The van der Waals surface area contributed by atoms with Crippen molar-refractivity contribution in [3.8, 4) is 0 Å². The van der Waals surface area contributed by atoms with Crippen molar-refractivity contribution >= 4 is 40.1 Å². The summed E-state index contributed by atoms with van der Waals surface area (Å²) in [5.41, 5.74) is -0.0194. The van der Waals surface area contributed by atoms with Crippen molar-refractivity contribution in [3.05, 3.63) is 33.2 Å². The number of nitrogens with one attached hydrogen (secondary N) is 1. The van der Waals surface area contributed by atoms with Crippen molar-refractivity contribution in [2.45, 2.75) is 25.5 Å². The van der Waals surface area contributed by atoms with Crippen molar-refractivity contribution in [2.75, 3.05) is 18.2 Å². The van der Waals surface area contributed by atoms with Crippen LogP contribution in [0, 0.1) is 6.92 Å². The molecule has 1 N–H and O–H groups in total. The third-order valence-corrected chi connectivity index (χ3v) is 4.42. The minimum atomic E-state index is -0.757. The summed E-state index contributed by atoms with van der Waals surface area (Å²) in [6, 6.07) is 0. The molecule has 10 heteroatoms. The van der Waals surface area contributed by atoms with Gasteiger partial charge in [-0.05, 0) is 20.1 Å². The Balaban J connectivity index is 2.27. The van der Waals surface area contributed by atoms with Crippen molar-refractivity contribution in [2.24, 2.45) is 0 Å². The molecule has 0 saturated heterocycles. The van der Waals surface area contributed by atoms with E-state index in [4.69, 9.17) is 4.74 Å². The summed E-state index contributed by atoms with van der Waals surface area (Å²) >= 11 is 2.49. The van der Waals surface area contributed by atoms with Gasteiger partial charge in [0.25, 0.3) is 5.56 Å². The normalized spacial score (nSPS) is 10.5. The van der Waals surface area contributed by atoms with E-state index in [0.717, 1.165) is 10.3 Å². The summed E-state index contributed by atoms with van der Waals surface area (Å²) in [5, 5.41) is 5.20. The fraction of sp³-hybridized carbons (Fsp3) is 0.357. The van der Waals surface area contributed by atoms with Gasteiger partial charge < -0.3 is 10.1 Å². The summed E-state index contributed by atoms with van der Waals surface area (Å²) in [6.07, 6.45) is 2.90. The molecule has 0 aliphatic carbocycles. The van der Waals surface area contributed by atoms with Crippen LogP contribution in [0.4, 0.5) is 5.13 Å². The van der Waals surface area contributed by atoms with E-state index in [0.29, 0.717) is 10.3 Å². The van der Waals surface area contributed by atoms with E-state index in [2.05, 4.69) is 15.3 Å². The molecule has 2 heterocycles. The number of carbonyl (C=O) groups is 2. The van der Waals surface area contributed by atoms with Gasteiger partial charge in [-0.3, -0.25) is 14.2 Å². The molecule has 2 rings (SSSR count). The van der Waals surface area contributed by atoms with E-state index in [-0.39, 0.29) is 18.7 Å². The van der Waals surface area contributed by atoms with Crippen molar-refractivity contribution in [1.29, 1.82) is 0 Å². The first-order valence-corrected chi connectivity index (χ1v) is 9.09. The number of aryl methyl sites for hydroxylation is 1. The van der Waals surface area contributed by atoms with Crippen LogP contribution in [0.3, 0.4) is 0 Å². The summed E-state index contributed by atoms with van der Waals surface area (Å²) in [5.74, 6) is -1.18. The third kappa shape index (κ3) is 4.20. The summed E-state index contributed by atoms with van der Waals surface area (Å²) in [6.45, 7) is 3.33. The Bertz CT molecular complexity index is 815. The molecule has 0 bridgehead atoms. The Morgan fingerprint density at radius 1 is 1.46 bits per heavy atom. The number of hydrogen-bond donors (Lipinski definition) is 1. The number of esters is 1. The van der Waals surface area contributed by atoms with Crippen LogP contribution in [-0.4, -0.2) is 39.3 Å². The van der Waals surface area contributed by atoms with Crippen LogP contribution in [0.5, 0.6) is 0 Å². The van der Waals surface area contributed by atoms with Gasteiger partial charge in [-0.25, -0.2) is 14.8 Å². The Labute approximate surface area is 146 Å². The number of thioether (sulfide) groups is 1. The van der Waals surface area contributed by atoms with E-state index in [9.17, 15) is 14.4 Å². The minimum absolute atomic E-state index is 0.145. The van der Waals surface area contributed by atoms with Crippen LogP contribution in [0.25, 0.3) is 0 Å². The van der Waals surface area contributed by atoms with Crippen LogP contribution >= 0.6 is 23.1 Å². The van der Waals surface area contributed by atoms with Crippen molar-refractivity contribution in [3.63, 3.8) is 0 Å². The average Bonchev–Trinajstić information content (AvgIpc) is 2.94. The second-order valence-corrected chi connectivity index (χ2v) is 6.24. The number of amides is 1. The van der Waals surface area contributed by atoms with Gasteiger partial charge in [-0.15, -0.1) is 11.3 Å². The van der Waals surface area contributed by atoms with Gasteiger partial charge in [0.05, 0.1) is 18.5 Å². The first-order valence-electron chi connectivity index (χ1n) is 6.99. The average molecular weight is 368 g/mol. The number of nitrogens with zero attached hydrogens (tertiary/aromatic N) is 3. The van der Waals surface area contributed by atoms with Crippen LogP contribution in [-0.2, 0) is 16.1 Å². The number of rotatable bonds is 6. The lowest BCUT2D eigenvalue weighted by atomic mass is 10.3. The highest BCUT2D eigenvalue weighted by molar-refractivity contribution is 7.98. The van der Waals surface area contributed by atoms with Crippen LogP contribution in [0.15, 0.2) is 21.5 Å². The number of aromatic nitrogens is 3. The lowest BCUT2D eigenvalue weighted by Gasteiger charge is -2.11. The molecule has 128 valence electrons. The molecule has 0 fully saturated rings. The van der Waals surface area contributed by atoms with Gasteiger partial charge in [0, 0.05) is 5.38 Å². The predicted octanol–water partition coefficient (Wildman–Crippen LogP) is 1.55. The van der Waals surface area contributed by atoms with Gasteiger partial charge in [-0.1, -0.05) is 11.8 Å². The highest BCUT2D eigenvalue weighted by Crippen LogP contribution is 2.15. The lowest BCUT2D eigenvalue weighted by molar-refractivity contribution is -0.116. The maximum atomic E-state index is 12.5. The van der Waals surface area contributed by atoms with Crippen LogP contribution in [0.1, 0.15) is 23.0 Å². The van der Waals surface area contributed by atoms with Crippen LogP contribution < -0.4 is 10.9 Å². The zero-order valence-corrected chi connectivity index (χ0v) is 15.0. The quantitative estimate of drug-likeness (QED) is 0.469. The molecule has 0 aromatic carbocycles. The molecule has 2 aromatic heterocycles. The molecule has 0 saturated carbocycles. The fourth-order valence-corrected chi connectivity index (χ4v) is 3.07. The van der Waals surface area contributed by atoms with Gasteiger partial charge >= 0.3 is 5.97 Å². The molecular formula is C14H16N4O4S2. The SMILES string of the molecule is CCOC(=O)c1cnc(SC)n(CC(=O)Nc2nc(C)cs2)c1=O. The van der Waals surface area contributed by atoms with Crippen molar-refractivity contribution < 1.29 is 14.3 Å². The van der Waals surface area contributed by atoms with E-state index in [1.807, 2.05) is 6.92 Å². The second-order valence-electron chi connectivity index (χ2n) is 4.61. The van der Waals surface area contributed by atoms with Gasteiger partial charge in [0.2, 0.25) is 5.91 Å². The maximum Gasteiger partial charge on any atom is 0.345 e.